The smallest absolute Gasteiger partial charge is 0.329 e. The van der Waals surface area contributed by atoms with Crippen molar-refractivity contribution in [3.8, 4) is 0 Å². The van der Waals surface area contributed by atoms with Gasteiger partial charge in [-0.2, -0.15) is 0 Å². The molecule has 0 bridgehead atoms. The summed E-state index contributed by atoms with van der Waals surface area (Å²) in [5.74, 6) is -0.877. The second-order valence-electron chi connectivity index (χ2n) is 5.88. The van der Waals surface area contributed by atoms with E-state index in [9.17, 15) is 14.7 Å². The van der Waals surface area contributed by atoms with Crippen LogP contribution in [0.15, 0.2) is 0 Å². The van der Waals surface area contributed by atoms with Crippen molar-refractivity contribution >= 4 is 11.9 Å². The summed E-state index contributed by atoms with van der Waals surface area (Å²) in [6.07, 6.45) is 5.24. The second kappa shape index (κ2) is 5.90. The highest BCUT2D eigenvalue weighted by Crippen LogP contribution is 2.29. The number of likely N-dealkylation sites (tertiary alicyclic amines) is 2. The molecule has 0 aromatic heterocycles. The first-order valence-electron chi connectivity index (χ1n) is 7.30. The zero-order valence-electron chi connectivity index (χ0n) is 11.7. The van der Waals surface area contributed by atoms with Crippen molar-refractivity contribution < 1.29 is 14.7 Å². The number of aliphatic carboxylic acids is 1. The highest BCUT2D eigenvalue weighted by atomic mass is 16.4. The zero-order chi connectivity index (χ0) is 13.9. The van der Waals surface area contributed by atoms with Crippen molar-refractivity contribution in [2.45, 2.75) is 51.0 Å². The standard InChI is InChI=1S/C14H24N2O3/c1-14(13(18)19)7-2-3-10-16(14)12(17)6-11-15-8-4-5-9-15/h2-11H2,1H3,(H,18,19). The van der Waals surface area contributed by atoms with Crippen LogP contribution in [0.25, 0.3) is 0 Å². The van der Waals surface area contributed by atoms with Crippen LogP contribution in [0.3, 0.4) is 0 Å². The van der Waals surface area contributed by atoms with Crippen LogP contribution in [-0.4, -0.2) is 58.5 Å². The number of hydrogen-bond donors (Lipinski definition) is 1. The number of carboxylic acid groups (broad SMARTS) is 1. The molecule has 0 aliphatic carbocycles. The largest absolute Gasteiger partial charge is 0.480 e. The van der Waals surface area contributed by atoms with Crippen LogP contribution < -0.4 is 0 Å². The van der Waals surface area contributed by atoms with E-state index in [0.717, 1.165) is 32.5 Å². The quantitative estimate of drug-likeness (QED) is 0.835. The normalized spacial score (nSPS) is 28.6. The lowest BCUT2D eigenvalue weighted by Gasteiger charge is -2.41. The molecule has 1 N–H and O–H groups in total. The number of rotatable bonds is 4. The molecule has 2 aliphatic rings. The van der Waals surface area contributed by atoms with E-state index in [-0.39, 0.29) is 5.91 Å². The molecule has 1 unspecified atom stereocenters. The molecule has 5 nitrogen and oxygen atoms in total. The zero-order valence-corrected chi connectivity index (χ0v) is 11.7. The van der Waals surface area contributed by atoms with Gasteiger partial charge in [0.1, 0.15) is 5.54 Å². The molecule has 5 heteroatoms. The lowest BCUT2D eigenvalue weighted by molar-refractivity contribution is -0.161. The van der Waals surface area contributed by atoms with Crippen LogP contribution >= 0.6 is 0 Å². The van der Waals surface area contributed by atoms with Gasteiger partial charge in [0.2, 0.25) is 5.91 Å². The van der Waals surface area contributed by atoms with E-state index in [4.69, 9.17) is 0 Å². The molecule has 0 spiro atoms. The minimum Gasteiger partial charge on any atom is -0.480 e. The minimum absolute atomic E-state index is 0.00324. The summed E-state index contributed by atoms with van der Waals surface area (Å²) >= 11 is 0. The summed E-state index contributed by atoms with van der Waals surface area (Å²) in [6.45, 7) is 5.18. The van der Waals surface area contributed by atoms with Crippen LogP contribution in [0.1, 0.15) is 45.4 Å². The van der Waals surface area contributed by atoms with E-state index in [1.165, 1.54) is 12.8 Å². The molecule has 2 aliphatic heterocycles. The molecular formula is C14H24N2O3. The van der Waals surface area contributed by atoms with Gasteiger partial charge in [0.25, 0.3) is 0 Å². The van der Waals surface area contributed by atoms with Gasteiger partial charge in [0.05, 0.1) is 0 Å². The fourth-order valence-electron chi connectivity index (χ4n) is 3.14. The average Bonchev–Trinajstić information content (AvgIpc) is 2.89. The van der Waals surface area contributed by atoms with Gasteiger partial charge in [-0.1, -0.05) is 0 Å². The van der Waals surface area contributed by atoms with Gasteiger partial charge in [-0.3, -0.25) is 4.79 Å². The van der Waals surface area contributed by atoms with Crippen molar-refractivity contribution in [2.75, 3.05) is 26.2 Å². The van der Waals surface area contributed by atoms with Gasteiger partial charge in [-0.25, -0.2) is 4.79 Å². The molecule has 2 fully saturated rings. The second-order valence-corrected chi connectivity index (χ2v) is 5.88. The van der Waals surface area contributed by atoms with Crippen LogP contribution in [0.4, 0.5) is 0 Å². The number of nitrogens with zero attached hydrogens (tertiary/aromatic N) is 2. The third-order valence-electron chi connectivity index (χ3n) is 4.49. The van der Waals surface area contributed by atoms with Crippen LogP contribution in [-0.2, 0) is 9.59 Å². The minimum atomic E-state index is -1.000. The third kappa shape index (κ3) is 3.08. The van der Waals surface area contributed by atoms with E-state index >= 15 is 0 Å². The molecule has 2 heterocycles. The van der Waals surface area contributed by atoms with Gasteiger partial charge >= 0.3 is 5.97 Å². The molecule has 2 rings (SSSR count). The summed E-state index contributed by atoms with van der Waals surface area (Å²) in [5, 5.41) is 9.39. The first-order valence-corrected chi connectivity index (χ1v) is 7.30. The monoisotopic (exact) mass is 268 g/mol. The fourth-order valence-corrected chi connectivity index (χ4v) is 3.14. The molecule has 1 amide bonds. The molecule has 1 atom stereocenters. The lowest BCUT2D eigenvalue weighted by Crippen LogP contribution is -2.57. The summed E-state index contributed by atoms with van der Waals surface area (Å²) in [4.78, 5) is 27.6. The molecule has 2 saturated heterocycles. The maximum Gasteiger partial charge on any atom is 0.329 e. The van der Waals surface area contributed by atoms with E-state index < -0.39 is 11.5 Å². The van der Waals surface area contributed by atoms with Crippen molar-refractivity contribution in [3.05, 3.63) is 0 Å². The summed E-state index contributed by atoms with van der Waals surface area (Å²) in [5.41, 5.74) is -1.000. The maximum absolute atomic E-state index is 12.3. The highest BCUT2D eigenvalue weighted by molar-refractivity contribution is 5.87. The first-order chi connectivity index (χ1) is 9.04. The van der Waals surface area contributed by atoms with Gasteiger partial charge in [0.15, 0.2) is 0 Å². The summed E-state index contributed by atoms with van der Waals surface area (Å²) in [7, 11) is 0. The van der Waals surface area contributed by atoms with Gasteiger partial charge < -0.3 is 14.9 Å². The Morgan fingerprint density at radius 3 is 2.37 bits per heavy atom. The molecule has 19 heavy (non-hydrogen) atoms. The van der Waals surface area contributed by atoms with Gasteiger partial charge in [0, 0.05) is 19.5 Å². The number of hydrogen-bond acceptors (Lipinski definition) is 3. The Labute approximate surface area is 114 Å². The SMILES string of the molecule is CC1(C(=O)O)CCCCN1C(=O)CCN1CCCC1. The highest BCUT2D eigenvalue weighted by Gasteiger charge is 2.43. The van der Waals surface area contributed by atoms with Crippen molar-refractivity contribution in [3.63, 3.8) is 0 Å². The first kappa shape index (κ1) is 14.3. The molecule has 0 aromatic rings. The predicted molar refractivity (Wildman–Crippen MR) is 71.9 cm³/mol. The summed E-state index contributed by atoms with van der Waals surface area (Å²) < 4.78 is 0. The lowest BCUT2D eigenvalue weighted by atomic mass is 9.88. The molecule has 108 valence electrons. The topological polar surface area (TPSA) is 60.9 Å². The Morgan fingerprint density at radius 1 is 1.11 bits per heavy atom. The molecule has 0 aromatic carbocycles. The molecule has 0 radical (unpaired) electrons. The van der Waals surface area contributed by atoms with Crippen molar-refractivity contribution in [2.24, 2.45) is 0 Å². The van der Waals surface area contributed by atoms with Crippen LogP contribution in [0.2, 0.25) is 0 Å². The Balaban J connectivity index is 1.93. The number of carboxylic acids is 1. The Bertz CT molecular complexity index is 353. The Kier molecular flexibility index (Phi) is 4.45. The Morgan fingerprint density at radius 2 is 1.74 bits per heavy atom. The van der Waals surface area contributed by atoms with Crippen LogP contribution in [0.5, 0.6) is 0 Å². The predicted octanol–water partition coefficient (Wildman–Crippen LogP) is 1.33. The van der Waals surface area contributed by atoms with Crippen LogP contribution in [0, 0.1) is 0 Å². The Hall–Kier alpha value is -1.10. The number of carbonyl (C=O) groups excluding carboxylic acids is 1. The number of carbonyl (C=O) groups is 2. The van der Waals surface area contributed by atoms with E-state index in [2.05, 4.69) is 4.90 Å². The third-order valence-corrected chi connectivity index (χ3v) is 4.49. The average molecular weight is 268 g/mol. The summed E-state index contributed by atoms with van der Waals surface area (Å²) in [6, 6.07) is 0. The van der Waals surface area contributed by atoms with Crippen molar-refractivity contribution in [1.29, 1.82) is 0 Å². The number of piperidine rings is 1. The van der Waals surface area contributed by atoms with E-state index in [1.807, 2.05) is 0 Å². The number of amides is 1. The van der Waals surface area contributed by atoms with Gasteiger partial charge in [-0.05, 0) is 52.1 Å². The van der Waals surface area contributed by atoms with E-state index in [1.54, 1.807) is 11.8 Å². The van der Waals surface area contributed by atoms with E-state index in [0.29, 0.717) is 19.4 Å². The molecule has 0 saturated carbocycles. The maximum atomic E-state index is 12.3. The van der Waals surface area contributed by atoms with Gasteiger partial charge in [-0.15, -0.1) is 0 Å². The fraction of sp³-hybridized carbons (Fsp3) is 0.857. The molecular weight excluding hydrogens is 244 g/mol. The van der Waals surface area contributed by atoms with Crippen molar-refractivity contribution in [1.82, 2.24) is 9.80 Å².